The number of benzene rings is 2. The van der Waals surface area contributed by atoms with E-state index in [-0.39, 0.29) is 12.3 Å². The summed E-state index contributed by atoms with van der Waals surface area (Å²) in [7, 11) is 0. The van der Waals surface area contributed by atoms with Crippen LogP contribution in [0.3, 0.4) is 0 Å². The highest BCUT2D eigenvalue weighted by Crippen LogP contribution is 2.41. The molecule has 4 rings (SSSR count). The molecule has 2 aliphatic rings. The van der Waals surface area contributed by atoms with E-state index in [0.717, 1.165) is 11.1 Å². The summed E-state index contributed by atoms with van der Waals surface area (Å²) >= 11 is 1.36. The summed E-state index contributed by atoms with van der Waals surface area (Å²) in [4.78, 5) is 40.0. The van der Waals surface area contributed by atoms with Gasteiger partial charge in [-0.2, -0.15) is 0 Å². The van der Waals surface area contributed by atoms with Crippen molar-refractivity contribution >= 4 is 29.7 Å². The third kappa shape index (κ3) is 5.36. The van der Waals surface area contributed by atoms with Crippen molar-refractivity contribution in [3.8, 4) is 0 Å². The van der Waals surface area contributed by atoms with E-state index in [0.29, 0.717) is 11.3 Å². The maximum atomic E-state index is 13.5. The Kier molecular flexibility index (Phi) is 7.18. The van der Waals surface area contributed by atoms with E-state index >= 15 is 0 Å². The number of thioether (sulfide) groups is 1. The van der Waals surface area contributed by atoms with Crippen molar-refractivity contribution in [2.24, 2.45) is 0 Å². The number of fused-ring (bicyclic) bond motifs is 1. The first kappa shape index (κ1) is 24.8. The molecule has 0 saturated carbocycles. The maximum Gasteiger partial charge on any atom is 0.408 e. The lowest BCUT2D eigenvalue weighted by Gasteiger charge is -2.49. The highest BCUT2D eigenvalue weighted by atomic mass is 32.2. The first-order chi connectivity index (χ1) is 16.7. The molecule has 8 nitrogen and oxygen atoms in total. The van der Waals surface area contributed by atoms with Crippen LogP contribution in [0.5, 0.6) is 0 Å². The molecule has 2 aliphatic heterocycles. The highest BCUT2D eigenvalue weighted by Gasteiger charge is 2.55. The first-order valence-corrected chi connectivity index (χ1v) is 12.3. The number of β-lactam (4-membered cyclic amide) rings is 1. The number of nitrogens with one attached hydrogen (secondary N) is 1. The number of aliphatic hydroxyl groups excluding tert-OH is 1. The fraction of sp³-hybridized carbons (Fsp3) is 0.346. The largest absolute Gasteiger partial charge is 0.448 e. The number of hydrogen-bond donors (Lipinski definition) is 2. The standard InChI is InChI=1S/C26H28N2O6S/c1-26(2,3)34-25(32)27-19-22(30)28-20(18(14-29)15-35-23(19)28)24(31)33-21(16-10-6-4-7-11-16)17-12-8-5-9-13-17/h4-13,19,21,23,29H,14-15H2,1-3H3,(H,27,32)/t19?,23-/m0/s1. The Morgan fingerprint density at radius 3 is 2.17 bits per heavy atom. The predicted molar refractivity (Wildman–Crippen MR) is 131 cm³/mol. The molecule has 2 heterocycles. The second-order valence-corrected chi connectivity index (χ2v) is 10.4. The summed E-state index contributed by atoms with van der Waals surface area (Å²) in [6, 6.07) is 17.8. The zero-order chi connectivity index (χ0) is 25.2. The minimum Gasteiger partial charge on any atom is -0.448 e. The molecule has 1 unspecified atom stereocenters. The van der Waals surface area contributed by atoms with Gasteiger partial charge in [-0.05, 0) is 37.5 Å². The Hall–Kier alpha value is -3.30. The summed E-state index contributed by atoms with van der Waals surface area (Å²) in [5.41, 5.74) is 1.28. The summed E-state index contributed by atoms with van der Waals surface area (Å²) in [6.45, 7) is 4.81. The molecule has 0 spiro atoms. The van der Waals surface area contributed by atoms with Gasteiger partial charge in [-0.25, -0.2) is 9.59 Å². The van der Waals surface area contributed by atoms with Crippen LogP contribution >= 0.6 is 11.8 Å². The average Bonchev–Trinajstić information content (AvgIpc) is 2.84. The Balaban J connectivity index is 1.57. The van der Waals surface area contributed by atoms with Gasteiger partial charge in [0.05, 0.1) is 6.61 Å². The second-order valence-electron chi connectivity index (χ2n) is 9.25. The average molecular weight is 497 g/mol. The summed E-state index contributed by atoms with van der Waals surface area (Å²) < 4.78 is 11.2. The highest BCUT2D eigenvalue weighted by molar-refractivity contribution is 8.00. The molecule has 0 aliphatic carbocycles. The number of esters is 1. The number of carbonyl (C=O) groups is 3. The van der Waals surface area contributed by atoms with Gasteiger partial charge in [-0.3, -0.25) is 9.69 Å². The maximum absolute atomic E-state index is 13.5. The van der Waals surface area contributed by atoms with Gasteiger partial charge in [0.2, 0.25) is 0 Å². The van der Waals surface area contributed by atoms with Gasteiger partial charge in [-0.1, -0.05) is 60.7 Å². The molecule has 0 aromatic heterocycles. The van der Waals surface area contributed by atoms with E-state index in [1.165, 1.54) is 16.7 Å². The molecule has 2 atom stereocenters. The minimum atomic E-state index is -0.836. The zero-order valence-corrected chi connectivity index (χ0v) is 20.6. The third-order valence-electron chi connectivity index (χ3n) is 5.53. The molecule has 0 radical (unpaired) electrons. The SMILES string of the molecule is CC(C)(C)OC(=O)NC1C(=O)N2C(C(=O)OC(c3ccccc3)c3ccccc3)=C(CO)CS[C@@H]12. The van der Waals surface area contributed by atoms with Crippen LogP contribution in [-0.2, 0) is 19.1 Å². The Bertz CT molecular complexity index is 1090. The molecule has 9 heteroatoms. The van der Waals surface area contributed by atoms with Crippen LogP contribution in [0.1, 0.15) is 38.0 Å². The molecule has 1 fully saturated rings. The Morgan fingerprint density at radius 1 is 1.09 bits per heavy atom. The fourth-order valence-corrected chi connectivity index (χ4v) is 5.31. The number of ether oxygens (including phenoxy) is 2. The van der Waals surface area contributed by atoms with Crippen molar-refractivity contribution in [1.29, 1.82) is 0 Å². The van der Waals surface area contributed by atoms with Gasteiger partial charge >= 0.3 is 12.1 Å². The summed E-state index contributed by atoms with van der Waals surface area (Å²) in [5.74, 6) is -0.841. The van der Waals surface area contributed by atoms with Crippen LogP contribution in [0.15, 0.2) is 71.9 Å². The number of rotatable bonds is 6. The normalized spacial score (nSPS) is 19.7. The molecular weight excluding hydrogens is 468 g/mol. The number of nitrogens with zero attached hydrogens (tertiary/aromatic N) is 1. The van der Waals surface area contributed by atoms with Crippen LogP contribution < -0.4 is 5.32 Å². The van der Waals surface area contributed by atoms with E-state index in [2.05, 4.69) is 5.32 Å². The van der Waals surface area contributed by atoms with E-state index in [1.807, 2.05) is 60.7 Å². The zero-order valence-electron chi connectivity index (χ0n) is 19.8. The van der Waals surface area contributed by atoms with Crippen LogP contribution in [0, 0.1) is 0 Å². The van der Waals surface area contributed by atoms with Crippen molar-refractivity contribution in [2.45, 2.75) is 43.9 Å². The number of amides is 2. The van der Waals surface area contributed by atoms with Crippen LogP contribution in [0.4, 0.5) is 4.79 Å². The molecule has 0 bridgehead atoms. The van der Waals surface area contributed by atoms with E-state index < -0.39 is 41.1 Å². The second kappa shape index (κ2) is 10.1. The summed E-state index contributed by atoms with van der Waals surface area (Å²) in [5, 5.41) is 12.0. The van der Waals surface area contributed by atoms with Gasteiger partial charge in [0, 0.05) is 5.75 Å². The quantitative estimate of drug-likeness (QED) is 0.467. The van der Waals surface area contributed by atoms with Crippen LogP contribution in [0.25, 0.3) is 0 Å². The smallest absolute Gasteiger partial charge is 0.408 e. The number of alkyl carbamates (subject to hydrolysis) is 1. The van der Waals surface area contributed by atoms with Crippen molar-refractivity contribution in [1.82, 2.24) is 10.2 Å². The van der Waals surface area contributed by atoms with Gasteiger partial charge in [0.25, 0.3) is 5.91 Å². The molecule has 35 heavy (non-hydrogen) atoms. The van der Waals surface area contributed by atoms with Gasteiger partial charge in [-0.15, -0.1) is 11.8 Å². The summed E-state index contributed by atoms with van der Waals surface area (Å²) in [6.07, 6.45) is -1.40. The topological polar surface area (TPSA) is 105 Å². The minimum absolute atomic E-state index is 0.0281. The predicted octanol–water partition coefficient (Wildman–Crippen LogP) is 3.37. The van der Waals surface area contributed by atoms with E-state index in [9.17, 15) is 19.5 Å². The van der Waals surface area contributed by atoms with E-state index in [1.54, 1.807) is 20.8 Å². The van der Waals surface area contributed by atoms with Crippen molar-refractivity contribution in [3.05, 3.63) is 83.1 Å². The fourth-order valence-electron chi connectivity index (χ4n) is 3.97. The lowest BCUT2D eigenvalue weighted by molar-refractivity contribution is -0.153. The third-order valence-corrected chi connectivity index (χ3v) is 6.87. The van der Waals surface area contributed by atoms with Crippen LogP contribution in [0.2, 0.25) is 0 Å². The van der Waals surface area contributed by atoms with Crippen molar-refractivity contribution < 1.29 is 29.0 Å². The Labute approximate surface area is 208 Å². The molecule has 2 N–H and O–H groups in total. The number of aliphatic hydroxyl groups is 1. The molecule has 2 amide bonds. The molecule has 2 aromatic carbocycles. The molecule has 1 saturated heterocycles. The van der Waals surface area contributed by atoms with Gasteiger partial charge in [0.15, 0.2) is 6.10 Å². The van der Waals surface area contributed by atoms with Gasteiger partial charge < -0.3 is 19.9 Å². The van der Waals surface area contributed by atoms with Crippen molar-refractivity contribution in [2.75, 3.05) is 12.4 Å². The van der Waals surface area contributed by atoms with Crippen LogP contribution in [-0.4, -0.2) is 57.4 Å². The lowest BCUT2D eigenvalue weighted by Crippen LogP contribution is -2.70. The number of carbonyl (C=O) groups excluding carboxylic acids is 3. The lowest BCUT2D eigenvalue weighted by atomic mass is 10.0. The molecule has 2 aromatic rings. The molecular formula is C26H28N2O6S. The molecule has 184 valence electrons. The number of hydrogen-bond acceptors (Lipinski definition) is 7. The first-order valence-electron chi connectivity index (χ1n) is 11.3. The van der Waals surface area contributed by atoms with Gasteiger partial charge in [0.1, 0.15) is 22.7 Å². The van der Waals surface area contributed by atoms with E-state index in [4.69, 9.17) is 9.47 Å². The Morgan fingerprint density at radius 2 is 1.66 bits per heavy atom. The monoisotopic (exact) mass is 496 g/mol. The van der Waals surface area contributed by atoms with Crippen molar-refractivity contribution in [3.63, 3.8) is 0 Å².